The predicted molar refractivity (Wildman–Crippen MR) is 80.5 cm³/mol. The van der Waals surface area contributed by atoms with Crippen LogP contribution in [0.4, 0.5) is 0 Å². The normalized spacial score (nSPS) is 11.1. The molecule has 0 aliphatic carbocycles. The first-order valence-corrected chi connectivity index (χ1v) is 7.06. The zero-order chi connectivity index (χ0) is 14.3. The highest BCUT2D eigenvalue weighted by Gasteiger charge is 2.10. The van der Waals surface area contributed by atoms with Crippen molar-refractivity contribution >= 4 is 11.6 Å². The Balaban J connectivity index is 2.54. The van der Waals surface area contributed by atoms with Crippen molar-refractivity contribution in [3.63, 3.8) is 0 Å². The van der Waals surface area contributed by atoms with Crippen molar-refractivity contribution in [3.8, 4) is 5.75 Å². The summed E-state index contributed by atoms with van der Waals surface area (Å²) in [6.07, 6.45) is 0. The molecule has 3 nitrogen and oxygen atoms in total. The van der Waals surface area contributed by atoms with Crippen LogP contribution in [0.25, 0.3) is 0 Å². The summed E-state index contributed by atoms with van der Waals surface area (Å²) in [5.74, 6) is 1.33. The first-order chi connectivity index (χ1) is 9.06. The zero-order valence-electron chi connectivity index (χ0n) is 12.3. The second-order valence-corrected chi connectivity index (χ2v) is 5.29. The van der Waals surface area contributed by atoms with Gasteiger partial charge in [-0.15, -0.1) is 0 Å². The van der Waals surface area contributed by atoms with Gasteiger partial charge in [0.25, 0.3) is 0 Å². The fourth-order valence-corrected chi connectivity index (χ4v) is 1.95. The van der Waals surface area contributed by atoms with E-state index in [1.165, 1.54) is 0 Å². The van der Waals surface area contributed by atoms with Crippen molar-refractivity contribution in [2.45, 2.75) is 26.7 Å². The summed E-state index contributed by atoms with van der Waals surface area (Å²) in [7, 11) is 1.70. The van der Waals surface area contributed by atoms with Gasteiger partial charge in [0.15, 0.2) is 0 Å². The summed E-state index contributed by atoms with van der Waals surface area (Å²) >= 11 is 6.17. The molecule has 0 amide bonds. The summed E-state index contributed by atoms with van der Waals surface area (Å²) in [4.78, 5) is 0. The van der Waals surface area contributed by atoms with Crippen molar-refractivity contribution in [3.05, 3.63) is 28.3 Å². The van der Waals surface area contributed by atoms with Crippen LogP contribution in [0.15, 0.2) is 12.1 Å². The molecule has 0 aliphatic heterocycles. The van der Waals surface area contributed by atoms with E-state index in [0.29, 0.717) is 12.5 Å². The lowest BCUT2D eigenvalue weighted by Gasteiger charge is -2.16. The van der Waals surface area contributed by atoms with Gasteiger partial charge in [-0.1, -0.05) is 25.4 Å². The molecule has 1 aromatic carbocycles. The largest absolute Gasteiger partial charge is 0.492 e. The molecule has 0 atom stereocenters. The van der Waals surface area contributed by atoms with Gasteiger partial charge in [0.2, 0.25) is 0 Å². The average Bonchev–Trinajstić information content (AvgIpc) is 2.37. The minimum Gasteiger partial charge on any atom is -0.492 e. The highest BCUT2D eigenvalue weighted by molar-refractivity contribution is 6.31. The Morgan fingerprint density at radius 3 is 2.53 bits per heavy atom. The van der Waals surface area contributed by atoms with E-state index in [9.17, 15) is 0 Å². The molecule has 0 radical (unpaired) electrons. The second kappa shape index (κ2) is 8.41. The van der Waals surface area contributed by atoms with Crippen LogP contribution in [0.1, 0.15) is 30.9 Å². The molecule has 108 valence electrons. The van der Waals surface area contributed by atoms with Crippen LogP contribution in [0.3, 0.4) is 0 Å². The Morgan fingerprint density at radius 1 is 1.21 bits per heavy atom. The molecule has 0 saturated heterocycles. The summed E-state index contributed by atoms with van der Waals surface area (Å²) in [6, 6.07) is 4.03. The van der Waals surface area contributed by atoms with Gasteiger partial charge in [0, 0.05) is 25.2 Å². The third-order valence-corrected chi connectivity index (χ3v) is 3.34. The van der Waals surface area contributed by atoms with E-state index in [1.54, 1.807) is 7.11 Å². The first-order valence-electron chi connectivity index (χ1n) is 6.68. The minimum absolute atomic E-state index is 0.398. The lowest BCUT2D eigenvalue weighted by atomic mass is 10.0. The predicted octanol–water partition coefficient (Wildman–Crippen LogP) is 3.39. The molecular formula is C15H24ClNO2. The molecule has 4 heteroatoms. The highest BCUT2D eigenvalue weighted by atomic mass is 35.5. The summed E-state index contributed by atoms with van der Waals surface area (Å²) in [5.41, 5.74) is 2.21. The Bertz CT molecular complexity index is 394. The number of benzene rings is 1. The Kier molecular flexibility index (Phi) is 7.21. The van der Waals surface area contributed by atoms with Crippen molar-refractivity contribution in [2.24, 2.45) is 0 Å². The molecule has 0 fully saturated rings. The maximum Gasteiger partial charge on any atom is 0.123 e. The fourth-order valence-electron chi connectivity index (χ4n) is 1.78. The van der Waals surface area contributed by atoms with Gasteiger partial charge in [-0.3, -0.25) is 0 Å². The maximum atomic E-state index is 6.17. The van der Waals surface area contributed by atoms with Crippen molar-refractivity contribution in [1.29, 1.82) is 0 Å². The third kappa shape index (κ3) is 5.39. The van der Waals surface area contributed by atoms with Gasteiger partial charge in [-0.05, 0) is 36.1 Å². The molecule has 0 unspecified atom stereocenters. The fraction of sp³-hybridized carbons (Fsp3) is 0.600. The average molecular weight is 286 g/mol. The van der Waals surface area contributed by atoms with Gasteiger partial charge >= 0.3 is 0 Å². The standard InChI is InChI=1S/C15H24ClNO2/c1-11(2)13-10-14(16)12(3)9-15(13)19-8-6-17-5-7-18-4/h9-11,17H,5-8H2,1-4H3. The second-order valence-electron chi connectivity index (χ2n) is 4.89. The maximum absolute atomic E-state index is 6.17. The van der Waals surface area contributed by atoms with Gasteiger partial charge in [-0.25, -0.2) is 0 Å². The van der Waals surface area contributed by atoms with E-state index in [-0.39, 0.29) is 0 Å². The van der Waals surface area contributed by atoms with E-state index >= 15 is 0 Å². The number of ether oxygens (including phenoxy) is 2. The lowest BCUT2D eigenvalue weighted by molar-refractivity contribution is 0.196. The first kappa shape index (κ1) is 16.3. The summed E-state index contributed by atoms with van der Waals surface area (Å²) < 4.78 is 10.8. The van der Waals surface area contributed by atoms with E-state index in [4.69, 9.17) is 21.1 Å². The van der Waals surface area contributed by atoms with Crippen LogP contribution in [-0.2, 0) is 4.74 Å². The van der Waals surface area contributed by atoms with Crippen LogP contribution < -0.4 is 10.1 Å². The van der Waals surface area contributed by atoms with E-state index in [2.05, 4.69) is 19.2 Å². The Labute approximate surface area is 121 Å². The van der Waals surface area contributed by atoms with Crippen LogP contribution in [0.2, 0.25) is 5.02 Å². The van der Waals surface area contributed by atoms with Crippen molar-refractivity contribution in [2.75, 3.05) is 33.4 Å². The smallest absolute Gasteiger partial charge is 0.123 e. The van der Waals surface area contributed by atoms with Gasteiger partial charge < -0.3 is 14.8 Å². The van der Waals surface area contributed by atoms with Gasteiger partial charge in [0.05, 0.1) is 6.61 Å². The zero-order valence-corrected chi connectivity index (χ0v) is 13.0. The molecule has 0 heterocycles. The quantitative estimate of drug-likeness (QED) is 0.743. The number of rotatable bonds is 8. The van der Waals surface area contributed by atoms with Crippen LogP contribution in [0, 0.1) is 6.92 Å². The molecule has 0 bridgehead atoms. The number of hydrogen-bond donors (Lipinski definition) is 1. The van der Waals surface area contributed by atoms with E-state index < -0.39 is 0 Å². The van der Waals surface area contributed by atoms with Crippen molar-refractivity contribution in [1.82, 2.24) is 5.32 Å². The number of nitrogens with one attached hydrogen (secondary N) is 1. The van der Waals surface area contributed by atoms with Crippen LogP contribution in [-0.4, -0.2) is 33.4 Å². The molecule has 0 spiro atoms. The van der Waals surface area contributed by atoms with Gasteiger partial charge in [0.1, 0.15) is 12.4 Å². The van der Waals surface area contributed by atoms with E-state index in [1.807, 2.05) is 19.1 Å². The molecular weight excluding hydrogens is 262 g/mol. The third-order valence-electron chi connectivity index (χ3n) is 2.93. The molecule has 1 aromatic rings. The molecule has 19 heavy (non-hydrogen) atoms. The SMILES string of the molecule is COCCNCCOc1cc(C)c(Cl)cc1C(C)C. The lowest BCUT2D eigenvalue weighted by Crippen LogP contribution is -2.24. The summed E-state index contributed by atoms with van der Waals surface area (Å²) in [5, 5.41) is 4.06. The number of methoxy groups -OCH3 is 1. The number of aryl methyl sites for hydroxylation is 1. The Morgan fingerprint density at radius 2 is 1.89 bits per heavy atom. The summed E-state index contributed by atoms with van der Waals surface area (Å²) in [6.45, 7) is 9.30. The molecule has 0 saturated carbocycles. The molecule has 0 aliphatic rings. The van der Waals surface area contributed by atoms with Crippen molar-refractivity contribution < 1.29 is 9.47 Å². The molecule has 1 N–H and O–H groups in total. The minimum atomic E-state index is 0.398. The Hall–Kier alpha value is -0.770. The topological polar surface area (TPSA) is 30.5 Å². The van der Waals surface area contributed by atoms with Crippen LogP contribution in [0.5, 0.6) is 5.75 Å². The van der Waals surface area contributed by atoms with E-state index in [0.717, 1.165) is 41.6 Å². The van der Waals surface area contributed by atoms with Gasteiger partial charge in [-0.2, -0.15) is 0 Å². The number of halogens is 1. The van der Waals surface area contributed by atoms with Crippen LogP contribution >= 0.6 is 11.6 Å². The monoisotopic (exact) mass is 285 g/mol. The molecule has 1 rings (SSSR count). The number of hydrogen-bond acceptors (Lipinski definition) is 3. The molecule has 0 aromatic heterocycles. The highest BCUT2D eigenvalue weighted by Crippen LogP contribution is 2.31.